The second kappa shape index (κ2) is 15.7. The first-order chi connectivity index (χ1) is 15.1. The van der Waals surface area contributed by atoms with Gasteiger partial charge in [-0.2, -0.15) is 0 Å². The minimum absolute atomic E-state index is 0. The zero-order valence-corrected chi connectivity index (χ0v) is 20.3. The molecule has 0 aliphatic carbocycles. The summed E-state index contributed by atoms with van der Waals surface area (Å²) in [7, 11) is 0. The standard InChI is InChI=1S/C13H15N3O3.2C6H5.Sn/c14-10(13(19)16-7-12(17)18)5-8-6-15-11-4-2-1-3-9(8)11;2*1-2-4-6-5-3-1;/h1-4,6,10,15H,5,7,14H2,(H,16,19)(H,17,18);2*1-5H;/q;;;+2/p-2/t10-;;;/m0.../s1. The summed E-state index contributed by atoms with van der Waals surface area (Å²) < 4.78 is 0. The largest absolute Gasteiger partial charge is 2.00 e. The fraction of sp³-hybridized carbons (Fsp3) is 0.120. The Kier molecular flexibility index (Phi) is 13.2. The number of hydrogen-bond acceptors (Lipinski definition) is 5. The van der Waals surface area contributed by atoms with Crippen LogP contribution >= 0.6 is 0 Å². The van der Waals surface area contributed by atoms with Gasteiger partial charge in [-0.25, -0.2) is 0 Å². The SMILES string of the molecule is N[C@@H](Cc1c[nH]c2ccccc12)C([O-])=NCC(=O)[O-].[Sn+2].[c]1ccccc1.[c]1ccccc1. The Hall–Kier alpha value is -3.10. The molecule has 7 heteroatoms. The van der Waals surface area contributed by atoms with Gasteiger partial charge in [0.15, 0.2) is 0 Å². The third kappa shape index (κ3) is 10.3. The minimum atomic E-state index is -1.40. The van der Waals surface area contributed by atoms with Crippen LogP contribution in [0.2, 0.25) is 0 Å². The number of carboxylic acid groups (broad SMARTS) is 1. The number of aromatic amines is 1. The van der Waals surface area contributed by atoms with E-state index >= 15 is 0 Å². The fourth-order valence-corrected chi connectivity index (χ4v) is 2.57. The third-order valence-corrected chi connectivity index (χ3v) is 4.01. The predicted octanol–water partition coefficient (Wildman–Crippen LogP) is 1.14. The number of nitrogens with two attached hydrogens (primary N) is 1. The van der Waals surface area contributed by atoms with Gasteiger partial charge in [0, 0.05) is 23.1 Å². The van der Waals surface area contributed by atoms with Gasteiger partial charge < -0.3 is 25.7 Å². The van der Waals surface area contributed by atoms with Crippen LogP contribution in [0.3, 0.4) is 0 Å². The Labute approximate surface area is 204 Å². The number of aliphatic carboxylic acids is 1. The number of para-hydroxylation sites is 1. The first-order valence-corrected chi connectivity index (χ1v) is 9.62. The van der Waals surface area contributed by atoms with Crippen molar-refractivity contribution in [3.05, 3.63) is 109 Å². The molecule has 4 rings (SSSR count). The van der Waals surface area contributed by atoms with Crippen molar-refractivity contribution in [3.63, 3.8) is 0 Å². The number of carbonyl (C=O) groups excluding carboxylic acids is 1. The van der Waals surface area contributed by atoms with Gasteiger partial charge in [-0.1, -0.05) is 78.9 Å². The van der Waals surface area contributed by atoms with E-state index in [2.05, 4.69) is 22.1 Å². The van der Waals surface area contributed by atoms with Gasteiger partial charge in [-0.05, 0) is 36.1 Å². The van der Waals surface area contributed by atoms with Gasteiger partial charge in [0.1, 0.15) is 0 Å². The molecule has 0 bridgehead atoms. The molecule has 0 amide bonds. The van der Waals surface area contributed by atoms with Crippen LogP contribution < -0.4 is 15.9 Å². The Balaban J connectivity index is 0.000000320. The van der Waals surface area contributed by atoms with Crippen LogP contribution in [-0.4, -0.2) is 53.3 Å². The molecule has 32 heavy (non-hydrogen) atoms. The number of nitrogens with one attached hydrogen (secondary N) is 1. The van der Waals surface area contributed by atoms with Crippen molar-refractivity contribution in [1.29, 1.82) is 0 Å². The molecule has 1 heterocycles. The molecule has 0 unspecified atom stereocenters. The molecular formula is C25H23N3O3Sn. The number of nitrogens with zero attached hydrogens (tertiary/aromatic N) is 1. The smallest absolute Gasteiger partial charge is 0.861 e. The number of benzene rings is 3. The van der Waals surface area contributed by atoms with Crippen molar-refractivity contribution in [3.8, 4) is 0 Å². The van der Waals surface area contributed by atoms with Crippen LogP contribution in [-0.2, 0) is 11.2 Å². The van der Waals surface area contributed by atoms with E-state index < -0.39 is 24.5 Å². The van der Waals surface area contributed by atoms with Crippen LogP contribution in [0.4, 0.5) is 0 Å². The van der Waals surface area contributed by atoms with E-state index in [4.69, 9.17) is 5.73 Å². The van der Waals surface area contributed by atoms with Gasteiger partial charge >= 0.3 is 23.9 Å². The average molecular weight is 532 g/mol. The molecular weight excluding hydrogens is 509 g/mol. The summed E-state index contributed by atoms with van der Waals surface area (Å²) in [5, 5.41) is 22.7. The van der Waals surface area contributed by atoms with Crippen molar-refractivity contribution < 1.29 is 15.0 Å². The summed E-state index contributed by atoms with van der Waals surface area (Å²) in [4.78, 5) is 16.6. The van der Waals surface area contributed by atoms with Crippen LogP contribution in [0.5, 0.6) is 0 Å². The number of carboxylic acids is 1. The molecule has 0 saturated heterocycles. The molecule has 4 radical (unpaired) electrons. The third-order valence-electron chi connectivity index (χ3n) is 4.01. The van der Waals surface area contributed by atoms with Gasteiger partial charge in [0.05, 0.1) is 12.5 Å². The second-order valence-electron chi connectivity index (χ2n) is 6.35. The second-order valence-corrected chi connectivity index (χ2v) is 6.35. The zero-order valence-electron chi connectivity index (χ0n) is 17.4. The first-order valence-electron chi connectivity index (χ1n) is 9.62. The van der Waals surface area contributed by atoms with E-state index in [-0.39, 0.29) is 23.9 Å². The fourth-order valence-electron chi connectivity index (χ4n) is 2.57. The van der Waals surface area contributed by atoms with Crippen molar-refractivity contribution in [1.82, 2.24) is 4.98 Å². The van der Waals surface area contributed by atoms with E-state index in [0.29, 0.717) is 6.42 Å². The molecule has 160 valence electrons. The van der Waals surface area contributed by atoms with Gasteiger partial charge in [0.2, 0.25) is 0 Å². The predicted molar refractivity (Wildman–Crippen MR) is 124 cm³/mol. The molecule has 4 aromatic rings. The molecule has 0 aliphatic rings. The van der Waals surface area contributed by atoms with Crippen LogP contribution in [0.1, 0.15) is 5.56 Å². The van der Waals surface area contributed by atoms with E-state index in [0.717, 1.165) is 16.5 Å². The molecule has 3 aromatic carbocycles. The summed E-state index contributed by atoms with van der Waals surface area (Å²) in [6.07, 6.45) is 2.09. The summed E-state index contributed by atoms with van der Waals surface area (Å²) in [6.45, 7) is -0.652. The van der Waals surface area contributed by atoms with Crippen LogP contribution in [0, 0.1) is 12.1 Å². The number of aliphatic imine (C=N–C) groups is 1. The first kappa shape index (κ1) is 26.9. The molecule has 0 spiro atoms. The molecule has 3 N–H and O–H groups in total. The van der Waals surface area contributed by atoms with Crippen molar-refractivity contribution >= 4 is 46.7 Å². The van der Waals surface area contributed by atoms with Crippen molar-refractivity contribution in [2.24, 2.45) is 10.7 Å². The van der Waals surface area contributed by atoms with Gasteiger partial charge in [0.25, 0.3) is 0 Å². The summed E-state index contributed by atoms with van der Waals surface area (Å²) >= 11 is 0. The number of hydrogen-bond donors (Lipinski definition) is 2. The minimum Gasteiger partial charge on any atom is -0.861 e. The van der Waals surface area contributed by atoms with E-state index in [1.54, 1.807) is 6.20 Å². The van der Waals surface area contributed by atoms with Crippen molar-refractivity contribution in [2.45, 2.75) is 12.5 Å². The van der Waals surface area contributed by atoms with Gasteiger partial charge in [-0.3, -0.25) is 4.99 Å². The topological polar surface area (TPSA) is 117 Å². The number of carbonyl (C=O) groups is 1. The number of aromatic nitrogens is 1. The van der Waals surface area contributed by atoms with E-state index in [1.807, 2.05) is 84.9 Å². The van der Waals surface area contributed by atoms with E-state index in [1.165, 1.54) is 0 Å². The number of H-pyrrole nitrogens is 1. The quantitative estimate of drug-likeness (QED) is 0.228. The number of fused-ring (bicyclic) bond motifs is 1. The maximum atomic E-state index is 11.5. The molecule has 1 atom stereocenters. The Morgan fingerprint density at radius 1 is 0.938 bits per heavy atom. The maximum absolute atomic E-state index is 11.5. The van der Waals surface area contributed by atoms with Crippen molar-refractivity contribution in [2.75, 3.05) is 6.54 Å². The van der Waals surface area contributed by atoms with E-state index in [9.17, 15) is 15.0 Å². The monoisotopic (exact) mass is 533 g/mol. The molecule has 0 aliphatic heterocycles. The normalized spacial score (nSPS) is 11.1. The summed E-state index contributed by atoms with van der Waals surface area (Å²) in [6, 6.07) is 31.8. The Morgan fingerprint density at radius 2 is 1.50 bits per heavy atom. The van der Waals surface area contributed by atoms with Crippen LogP contribution in [0.25, 0.3) is 10.9 Å². The number of rotatable bonds is 5. The molecule has 0 fully saturated rings. The molecule has 0 saturated carbocycles. The molecule has 1 aromatic heterocycles. The Bertz CT molecular complexity index is 969. The summed E-state index contributed by atoms with van der Waals surface area (Å²) in [5.41, 5.74) is 7.58. The zero-order chi connectivity index (χ0) is 22.3. The molecule has 6 nitrogen and oxygen atoms in total. The summed E-state index contributed by atoms with van der Waals surface area (Å²) in [5.74, 6) is -2.03. The Morgan fingerprint density at radius 3 is 1.97 bits per heavy atom. The average Bonchev–Trinajstić information content (AvgIpc) is 3.23. The maximum Gasteiger partial charge on any atom is 2.00 e. The van der Waals surface area contributed by atoms with Crippen LogP contribution in [0.15, 0.2) is 96.1 Å². The van der Waals surface area contributed by atoms with Gasteiger partial charge in [-0.15, -0.1) is 0 Å².